The van der Waals surface area contributed by atoms with Gasteiger partial charge in [0.2, 0.25) is 5.91 Å². The van der Waals surface area contributed by atoms with E-state index in [2.05, 4.69) is 35.1 Å². The Morgan fingerprint density at radius 1 is 1.00 bits per heavy atom. The van der Waals surface area contributed by atoms with Crippen molar-refractivity contribution in [1.82, 2.24) is 5.32 Å². The van der Waals surface area contributed by atoms with Crippen LogP contribution in [0.25, 0.3) is 0 Å². The average Bonchev–Trinajstić information content (AvgIpc) is 2.54. The third kappa shape index (κ3) is 4.92. The second-order valence-electron chi connectivity index (χ2n) is 6.98. The highest BCUT2D eigenvalue weighted by atomic mass is 79.9. The Labute approximate surface area is 152 Å². The lowest BCUT2D eigenvalue weighted by Gasteiger charge is -2.27. The molecular weight excluding hydrogens is 366 g/mol. The average molecular weight is 390 g/mol. The summed E-state index contributed by atoms with van der Waals surface area (Å²) in [7, 11) is 0. The van der Waals surface area contributed by atoms with Gasteiger partial charge in [-0.05, 0) is 35.6 Å². The summed E-state index contributed by atoms with van der Waals surface area (Å²) in [6, 6.07) is 17.5. The SMILES string of the molecule is CC(C)(CC(=O)NCC(C)(O)c1ccc(Br)cc1)c1ccccc1. The van der Waals surface area contributed by atoms with Crippen LogP contribution in [0.1, 0.15) is 38.3 Å². The maximum Gasteiger partial charge on any atom is 0.220 e. The van der Waals surface area contributed by atoms with Gasteiger partial charge in [0.05, 0.1) is 6.54 Å². The Kier molecular flexibility index (Phi) is 5.83. The van der Waals surface area contributed by atoms with E-state index in [1.54, 1.807) is 6.92 Å². The van der Waals surface area contributed by atoms with Gasteiger partial charge >= 0.3 is 0 Å². The summed E-state index contributed by atoms with van der Waals surface area (Å²) in [6.07, 6.45) is 0.368. The summed E-state index contributed by atoms with van der Waals surface area (Å²) >= 11 is 3.38. The van der Waals surface area contributed by atoms with Gasteiger partial charge in [-0.1, -0.05) is 72.2 Å². The number of benzene rings is 2. The lowest BCUT2D eigenvalue weighted by Crippen LogP contribution is -2.40. The molecule has 1 atom stereocenters. The number of hydrogen-bond donors (Lipinski definition) is 2. The van der Waals surface area contributed by atoms with E-state index < -0.39 is 5.60 Å². The highest BCUT2D eigenvalue weighted by molar-refractivity contribution is 9.10. The third-order valence-electron chi connectivity index (χ3n) is 4.25. The summed E-state index contributed by atoms with van der Waals surface area (Å²) in [5.74, 6) is -0.0683. The van der Waals surface area contributed by atoms with Gasteiger partial charge in [0.15, 0.2) is 0 Å². The van der Waals surface area contributed by atoms with Crippen molar-refractivity contribution in [2.24, 2.45) is 0 Å². The first kappa shape index (κ1) is 18.7. The first-order valence-electron chi connectivity index (χ1n) is 8.01. The largest absolute Gasteiger partial charge is 0.384 e. The maximum absolute atomic E-state index is 12.3. The van der Waals surface area contributed by atoms with Gasteiger partial charge in [-0.15, -0.1) is 0 Å². The van der Waals surface area contributed by atoms with Crippen LogP contribution in [-0.2, 0) is 15.8 Å². The zero-order chi connectivity index (χ0) is 17.8. The van der Waals surface area contributed by atoms with Crippen LogP contribution in [0.15, 0.2) is 59.1 Å². The predicted molar refractivity (Wildman–Crippen MR) is 101 cm³/mol. The Morgan fingerprint density at radius 3 is 2.17 bits per heavy atom. The lowest BCUT2D eigenvalue weighted by atomic mass is 9.81. The molecule has 2 aromatic rings. The normalized spacial score (nSPS) is 14.0. The minimum atomic E-state index is -1.10. The number of hydrogen-bond acceptors (Lipinski definition) is 2. The van der Waals surface area contributed by atoms with Gasteiger partial charge in [-0.2, -0.15) is 0 Å². The Hall–Kier alpha value is -1.65. The van der Waals surface area contributed by atoms with E-state index in [-0.39, 0.29) is 17.9 Å². The number of halogens is 1. The van der Waals surface area contributed by atoms with Crippen LogP contribution in [0.2, 0.25) is 0 Å². The van der Waals surface area contributed by atoms with E-state index in [9.17, 15) is 9.90 Å². The molecule has 24 heavy (non-hydrogen) atoms. The van der Waals surface area contributed by atoms with Gasteiger partial charge in [-0.3, -0.25) is 4.79 Å². The van der Waals surface area contributed by atoms with Crippen molar-refractivity contribution in [2.75, 3.05) is 6.54 Å². The van der Waals surface area contributed by atoms with Crippen molar-refractivity contribution in [3.63, 3.8) is 0 Å². The summed E-state index contributed by atoms with van der Waals surface area (Å²) in [5.41, 5.74) is 0.537. The molecule has 3 nitrogen and oxygen atoms in total. The fourth-order valence-corrected chi connectivity index (χ4v) is 2.90. The molecule has 128 valence electrons. The minimum absolute atomic E-state index is 0.0683. The molecule has 2 rings (SSSR count). The molecular formula is C20H24BrNO2. The Bertz CT molecular complexity index is 679. The molecule has 0 spiro atoms. The molecule has 0 aliphatic carbocycles. The third-order valence-corrected chi connectivity index (χ3v) is 4.78. The number of carbonyl (C=O) groups is 1. The molecule has 0 bridgehead atoms. The van der Waals surface area contributed by atoms with E-state index in [1.165, 1.54) is 0 Å². The maximum atomic E-state index is 12.3. The topological polar surface area (TPSA) is 49.3 Å². The van der Waals surface area contributed by atoms with Crippen molar-refractivity contribution in [2.45, 2.75) is 38.2 Å². The van der Waals surface area contributed by atoms with Gasteiger partial charge in [0.25, 0.3) is 0 Å². The van der Waals surface area contributed by atoms with Gasteiger partial charge in [0.1, 0.15) is 5.60 Å². The molecule has 0 aliphatic rings. The first-order valence-corrected chi connectivity index (χ1v) is 8.81. The molecule has 2 N–H and O–H groups in total. The van der Waals surface area contributed by atoms with Crippen molar-refractivity contribution < 1.29 is 9.90 Å². The molecule has 1 amide bonds. The van der Waals surface area contributed by atoms with Crippen LogP contribution in [0.4, 0.5) is 0 Å². The van der Waals surface area contributed by atoms with E-state index in [1.807, 2.05) is 54.6 Å². The molecule has 0 aliphatic heterocycles. The summed E-state index contributed by atoms with van der Waals surface area (Å²) < 4.78 is 0.954. The van der Waals surface area contributed by atoms with Crippen molar-refractivity contribution >= 4 is 21.8 Å². The second-order valence-corrected chi connectivity index (χ2v) is 7.90. The predicted octanol–water partition coefficient (Wildman–Crippen LogP) is 4.14. The quantitative estimate of drug-likeness (QED) is 0.779. The van der Waals surface area contributed by atoms with E-state index in [4.69, 9.17) is 0 Å². The molecule has 0 saturated carbocycles. The molecule has 0 aromatic heterocycles. The Morgan fingerprint density at radius 2 is 1.58 bits per heavy atom. The van der Waals surface area contributed by atoms with Gasteiger partial charge < -0.3 is 10.4 Å². The monoisotopic (exact) mass is 389 g/mol. The van der Waals surface area contributed by atoms with E-state index >= 15 is 0 Å². The summed E-state index contributed by atoms with van der Waals surface area (Å²) in [5, 5.41) is 13.5. The molecule has 1 unspecified atom stereocenters. The molecule has 4 heteroatoms. The zero-order valence-corrected chi connectivity index (χ0v) is 15.9. The molecule has 0 heterocycles. The zero-order valence-electron chi connectivity index (χ0n) is 14.3. The number of rotatable bonds is 6. The van der Waals surface area contributed by atoms with E-state index in [0.29, 0.717) is 6.42 Å². The smallest absolute Gasteiger partial charge is 0.220 e. The number of aliphatic hydroxyl groups is 1. The summed E-state index contributed by atoms with van der Waals surface area (Å²) in [6.45, 7) is 5.99. The standard InChI is InChI=1S/C20H24BrNO2/c1-19(2,15-7-5-4-6-8-15)13-18(23)22-14-20(3,24)16-9-11-17(21)12-10-16/h4-12,24H,13-14H2,1-3H3,(H,22,23). The molecule has 0 radical (unpaired) electrons. The minimum Gasteiger partial charge on any atom is -0.384 e. The first-order chi connectivity index (χ1) is 11.2. The van der Waals surface area contributed by atoms with Crippen molar-refractivity contribution in [1.29, 1.82) is 0 Å². The van der Waals surface area contributed by atoms with Crippen LogP contribution in [0, 0.1) is 0 Å². The van der Waals surface area contributed by atoms with Crippen molar-refractivity contribution in [3.8, 4) is 0 Å². The summed E-state index contributed by atoms with van der Waals surface area (Å²) in [4.78, 5) is 12.3. The van der Waals surface area contributed by atoms with Crippen LogP contribution >= 0.6 is 15.9 Å². The Balaban J connectivity index is 1.96. The fraction of sp³-hybridized carbons (Fsp3) is 0.350. The molecule has 0 fully saturated rings. The number of nitrogens with one attached hydrogen (secondary N) is 1. The number of amides is 1. The highest BCUT2D eigenvalue weighted by Crippen LogP contribution is 2.27. The van der Waals surface area contributed by atoms with Gasteiger partial charge in [-0.25, -0.2) is 0 Å². The fourth-order valence-electron chi connectivity index (χ4n) is 2.64. The molecule has 2 aromatic carbocycles. The molecule has 0 saturated heterocycles. The van der Waals surface area contributed by atoms with E-state index in [0.717, 1.165) is 15.6 Å². The van der Waals surface area contributed by atoms with Crippen LogP contribution < -0.4 is 5.32 Å². The lowest BCUT2D eigenvalue weighted by molar-refractivity contribution is -0.123. The van der Waals surface area contributed by atoms with Crippen LogP contribution in [0.5, 0.6) is 0 Å². The van der Waals surface area contributed by atoms with Crippen LogP contribution in [-0.4, -0.2) is 17.6 Å². The second kappa shape index (κ2) is 7.49. The van der Waals surface area contributed by atoms with Gasteiger partial charge in [0, 0.05) is 10.9 Å². The number of carbonyl (C=O) groups excluding carboxylic acids is 1. The van der Waals surface area contributed by atoms with Crippen molar-refractivity contribution in [3.05, 3.63) is 70.2 Å². The highest BCUT2D eigenvalue weighted by Gasteiger charge is 2.27. The van der Waals surface area contributed by atoms with Crippen LogP contribution in [0.3, 0.4) is 0 Å².